The first-order chi connectivity index (χ1) is 16.0. The molecule has 7 rings (SSSR count). The van der Waals surface area contributed by atoms with Crippen molar-refractivity contribution in [2.45, 2.75) is 64.3 Å². The van der Waals surface area contributed by atoms with Crippen LogP contribution in [0, 0.1) is 6.92 Å². The van der Waals surface area contributed by atoms with Gasteiger partial charge in [-0.15, -0.1) is 0 Å². The molecule has 4 heterocycles. The van der Waals surface area contributed by atoms with Gasteiger partial charge in [-0.2, -0.15) is 0 Å². The van der Waals surface area contributed by atoms with E-state index in [4.69, 9.17) is 4.98 Å². The van der Waals surface area contributed by atoms with Gasteiger partial charge in [-0.05, 0) is 68.9 Å². The first-order valence-corrected chi connectivity index (χ1v) is 12.4. The topological polar surface area (TPSA) is 26.1 Å². The predicted molar refractivity (Wildman–Crippen MR) is 134 cm³/mol. The second-order valence-electron chi connectivity index (χ2n) is 10.7. The van der Waals surface area contributed by atoms with Gasteiger partial charge >= 0.3 is 0 Å². The van der Waals surface area contributed by atoms with E-state index >= 15 is 0 Å². The summed E-state index contributed by atoms with van der Waals surface area (Å²) in [6.45, 7) is 7.08. The van der Waals surface area contributed by atoms with Crippen LogP contribution in [0.25, 0.3) is 39.1 Å². The molecule has 0 atom stereocenters. The van der Waals surface area contributed by atoms with E-state index in [0.29, 0.717) is 5.92 Å². The molecule has 1 saturated carbocycles. The molecule has 5 aromatic rings. The van der Waals surface area contributed by atoms with Crippen molar-refractivity contribution in [2.75, 3.05) is 0 Å². The minimum Gasteiger partial charge on any atom is -0.299 e. The molecule has 1 aliphatic heterocycles. The zero-order valence-electron chi connectivity index (χ0n) is 20.0. The van der Waals surface area contributed by atoms with E-state index in [-0.39, 0.29) is 5.54 Å². The second kappa shape index (κ2) is 6.47. The van der Waals surface area contributed by atoms with Crippen LogP contribution in [-0.4, -0.2) is 14.0 Å². The van der Waals surface area contributed by atoms with E-state index in [1.807, 2.05) is 0 Å². The molecular formula is C29H31N4+. The normalized spacial score (nSPS) is 17.8. The van der Waals surface area contributed by atoms with Crippen LogP contribution >= 0.6 is 0 Å². The summed E-state index contributed by atoms with van der Waals surface area (Å²) in [5, 5.41) is 0. The number of aryl methyl sites for hydroxylation is 2. The van der Waals surface area contributed by atoms with Crippen molar-refractivity contribution < 1.29 is 4.57 Å². The number of hydrogen-bond donors (Lipinski definition) is 0. The Hall–Kier alpha value is -3.14. The zero-order chi connectivity index (χ0) is 22.5. The van der Waals surface area contributed by atoms with Gasteiger partial charge in [0.05, 0.1) is 38.7 Å². The number of aromatic nitrogens is 4. The number of fused-ring (bicyclic) bond motifs is 7. The zero-order valence-corrected chi connectivity index (χ0v) is 20.0. The maximum Gasteiger partial charge on any atom is 0.220 e. The molecule has 33 heavy (non-hydrogen) atoms. The van der Waals surface area contributed by atoms with E-state index in [2.05, 4.69) is 90.0 Å². The Bertz CT molecular complexity index is 1590. The average Bonchev–Trinajstić information content (AvgIpc) is 3.34. The van der Waals surface area contributed by atoms with Crippen molar-refractivity contribution in [1.82, 2.24) is 14.0 Å². The summed E-state index contributed by atoms with van der Waals surface area (Å²) in [6, 6.07) is 15.5. The first-order valence-electron chi connectivity index (χ1n) is 12.4. The number of nitrogens with zero attached hydrogens (tertiary/aromatic N) is 4. The number of para-hydroxylation sites is 2. The lowest BCUT2D eigenvalue weighted by Gasteiger charge is -2.37. The third-order valence-corrected chi connectivity index (χ3v) is 8.38. The van der Waals surface area contributed by atoms with E-state index in [9.17, 15) is 0 Å². The molecular weight excluding hydrogens is 404 g/mol. The Morgan fingerprint density at radius 1 is 0.970 bits per heavy atom. The van der Waals surface area contributed by atoms with Crippen LogP contribution in [-0.2, 0) is 12.6 Å². The second-order valence-corrected chi connectivity index (χ2v) is 10.7. The van der Waals surface area contributed by atoms with E-state index < -0.39 is 0 Å². The number of pyridine rings is 1. The highest BCUT2D eigenvalue weighted by molar-refractivity contribution is 6.01. The fourth-order valence-electron chi connectivity index (χ4n) is 6.89. The molecule has 1 aliphatic carbocycles. The van der Waals surface area contributed by atoms with Gasteiger partial charge in [0.25, 0.3) is 0 Å². The van der Waals surface area contributed by atoms with Crippen molar-refractivity contribution >= 4 is 27.8 Å². The summed E-state index contributed by atoms with van der Waals surface area (Å²) in [5.41, 5.74) is 11.8. The highest BCUT2D eigenvalue weighted by Crippen LogP contribution is 2.50. The summed E-state index contributed by atoms with van der Waals surface area (Å²) in [7, 11) is 2.22. The van der Waals surface area contributed by atoms with Crippen molar-refractivity contribution in [2.24, 2.45) is 7.05 Å². The minimum absolute atomic E-state index is 0.202. The number of hydrogen-bond acceptors (Lipinski definition) is 1. The monoisotopic (exact) mass is 435 g/mol. The third kappa shape index (κ3) is 2.36. The lowest BCUT2D eigenvalue weighted by atomic mass is 9.75. The smallest absolute Gasteiger partial charge is 0.220 e. The van der Waals surface area contributed by atoms with Gasteiger partial charge in [-0.1, -0.05) is 37.5 Å². The van der Waals surface area contributed by atoms with Gasteiger partial charge in [0.15, 0.2) is 6.20 Å². The van der Waals surface area contributed by atoms with Crippen molar-refractivity contribution in [3.8, 4) is 11.3 Å². The molecule has 0 N–H and O–H groups in total. The predicted octanol–water partition coefficient (Wildman–Crippen LogP) is 6.39. The van der Waals surface area contributed by atoms with Crippen LogP contribution in [0.1, 0.15) is 68.6 Å². The summed E-state index contributed by atoms with van der Waals surface area (Å²) < 4.78 is 7.28. The third-order valence-electron chi connectivity index (χ3n) is 8.38. The number of benzene rings is 2. The van der Waals surface area contributed by atoms with Crippen LogP contribution in [0.2, 0.25) is 0 Å². The van der Waals surface area contributed by atoms with Crippen LogP contribution in [0.3, 0.4) is 0 Å². The largest absolute Gasteiger partial charge is 0.299 e. The Labute approximate surface area is 194 Å². The molecule has 0 amide bonds. The number of rotatable bonds is 1. The fraction of sp³-hybridized carbons (Fsp3) is 0.379. The maximum atomic E-state index is 5.18. The first kappa shape index (κ1) is 19.3. The molecule has 0 spiro atoms. The SMILES string of the molecule is Cc1ccc2c3c1-c1c(c(C4CCCCC4)cc[n+]1C)C(C)(C)n3c1nc3ccccc3n21. The molecule has 0 bridgehead atoms. The van der Waals surface area contributed by atoms with Gasteiger partial charge in [-0.25, -0.2) is 9.55 Å². The lowest BCUT2D eigenvalue weighted by Crippen LogP contribution is -2.42. The Morgan fingerprint density at radius 3 is 2.58 bits per heavy atom. The minimum atomic E-state index is -0.202. The Kier molecular flexibility index (Phi) is 3.79. The van der Waals surface area contributed by atoms with Crippen LogP contribution in [0.15, 0.2) is 48.7 Å². The van der Waals surface area contributed by atoms with Crippen LogP contribution in [0.4, 0.5) is 0 Å². The lowest BCUT2D eigenvalue weighted by molar-refractivity contribution is -0.661. The molecule has 1 fully saturated rings. The highest BCUT2D eigenvalue weighted by atomic mass is 15.2. The van der Waals surface area contributed by atoms with Crippen molar-refractivity contribution in [3.05, 3.63) is 65.4 Å². The Balaban J connectivity index is 1.68. The Morgan fingerprint density at radius 2 is 1.76 bits per heavy atom. The van der Waals surface area contributed by atoms with Gasteiger partial charge in [0.2, 0.25) is 11.5 Å². The molecule has 3 aromatic heterocycles. The summed E-state index contributed by atoms with van der Waals surface area (Å²) in [5.74, 6) is 1.70. The van der Waals surface area contributed by atoms with Crippen molar-refractivity contribution in [1.29, 1.82) is 0 Å². The molecule has 0 saturated heterocycles. The maximum absolute atomic E-state index is 5.18. The average molecular weight is 436 g/mol. The standard InChI is InChI=1S/C29H31N4/c1-18-14-15-23-26-24(18)27-25(20(16-17-31(27)4)19-10-6-5-7-11-19)29(2,3)33(26)28-30-21-12-8-9-13-22(21)32(23)28/h8-9,12-17,19H,5-7,10-11H2,1-4H3/q+1. The molecule has 0 radical (unpaired) electrons. The van der Waals surface area contributed by atoms with E-state index in [1.165, 1.54) is 71.0 Å². The molecule has 2 aliphatic rings. The molecule has 4 heteroatoms. The quantitative estimate of drug-likeness (QED) is 0.280. The van der Waals surface area contributed by atoms with Gasteiger partial charge in [-0.3, -0.25) is 8.97 Å². The molecule has 166 valence electrons. The van der Waals surface area contributed by atoms with E-state index in [1.54, 1.807) is 5.56 Å². The fourth-order valence-corrected chi connectivity index (χ4v) is 6.89. The summed E-state index contributed by atoms with van der Waals surface area (Å²) in [4.78, 5) is 5.18. The number of imidazole rings is 2. The van der Waals surface area contributed by atoms with Gasteiger partial charge in [0, 0.05) is 6.07 Å². The van der Waals surface area contributed by atoms with E-state index in [0.717, 1.165) is 11.3 Å². The van der Waals surface area contributed by atoms with Gasteiger partial charge in [0.1, 0.15) is 7.05 Å². The van der Waals surface area contributed by atoms with Crippen molar-refractivity contribution in [3.63, 3.8) is 0 Å². The van der Waals surface area contributed by atoms with Crippen LogP contribution in [0.5, 0.6) is 0 Å². The molecule has 4 nitrogen and oxygen atoms in total. The summed E-state index contributed by atoms with van der Waals surface area (Å²) >= 11 is 0. The highest BCUT2D eigenvalue weighted by Gasteiger charge is 2.44. The van der Waals surface area contributed by atoms with Crippen LogP contribution < -0.4 is 4.57 Å². The van der Waals surface area contributed by atoms with Gasteiger partial charge < -0.3 is 0 Å². The molecule has 0 unspecified atom stereocenters. The summed E-state index contributed by atoms with van der Waals surface area (Å²) in [6.07, 6.45) is 8.99. The molecule has 2 aromatic carbocycles.